The number of hydrogen-bond acceptors (Lipinski definition) is 6. The molecule has 0 N–H and O–H groups in total. The molecule has 0 fully saturated rings. The number of esters is 2. The maximum Gasteiger partial charge on any atom is 0.338 e. The van der Waals surface area contributed by atoms with Crippen LogP contribution in [0.4, 0.5) is 5.69 Å². The van der Waals surface area contributed by atoms with Crippen LogP contribution in [0.15, 0.2) is 42.5 Å². The fourth-order valence-electron chi connectivity index (χ4n) is 3.18. The predicted octanol–water partition coefficient (Wildman–Crippen LogP) is 2.62. The van der Waals surface area contributed by atoms with Crippen LogP contribution in [0.2, 0.25) is 0 Å². The number of methoxy groups -OCH3 is 2. The van der Waals surface area contributed by atoms with Crippen LogP contribution >= 0.6 is 0 Å². The molecule has 1 atom stereocenters. The number of rotatable bonds is 5. The second-order valence-electron chi connectivity index (χ2n) is 6.36. The summed E-state index contributed by atoms with van der Waals surface area (Å²) in [5, 5.41) is 0. The van der Waals surface area contributed by atoms with Crippen molar-refractivity contribution in [2.24, 2.45) is 0 Å². The Morgan fingerprint density at radius 1 is 0.964 bits per heavy atom. The monoisotopic (exact) mass is 383 g/mol. The topological polar surface area (TPSA) is 82.1 Å². The van der Waals surface area contributed by atoms with Crippen LogP contribution in [0, 0.1) is 0 Å². The van der Waals surface area contributed by atoms with E-state index in [1.54, 1.807) is 11.8 Å². The molecule has 1 heterocycles. The van der Waals surface area contributed by atoms with Crippen molar-refractivity contribution in [3.05, 3.63) is 59.2 Å². The number of carbonyl (C=O) groups is 3. The van der Waals surface area contributed by atoms with Gasteiger partial charge < -0.3 is 19.1 Å². The van der Waals surface area contributed by atoms with Gasteiger partial charge in [0.15, 0.2) is 6.10 Å². The number of carbonyl (C=O) groups excluding carboxylic acids is 3. The van der Waals surface area contributed by atoms with E-state index in [-0.39, 0.29) is 22.8 Å². The Hall–Kier alpha value is -3.35. The molecule has 1 unspecified atom stereocenters. The molecule has 1 amide bonds. The van der Waals surface area contributed by atoms with Crippen molar-refractivity contribution in [3.8, 4) is 5.75 Å². The van der Waals surface area contributed by atoms with Gasteiger partial charge in [0.25, 0.3) is 5.91 Å². The first-order valence-electron chi connectivity index (χ1n) is 8.82. The van der Waals surface area contributed by atoms with Gasteiger partial charge in [0, 0.05) is 12.2 Å². The standard InChI is InChI=1S/C21H21NO6/c1-13(19(23)22-9-8-14-6-4-5-7-18(14)22)28-17-11-15(20(24)26-2)10-16(12-17)21(25)27-3/h4-7,10-13H,8-9H2,1-3H3. The third kappa shape index (κ3) is 3.83. The molecule has 0 aliphatic carbocycles. The van der Waals surface area contributed by atoms with E-state index in [2.05, 4.69) is 0 Å². The highest BCUT2D eigenvalue weighted by Crippen LogP contribution is 2.29. The highest BCUT2D eigenvalue weighted by Gasteiger charge is 2.29. The van der Waals surface area contributed by atoms with Crippen LogP contribution in [-0.2, 0) is 20.7 Å². The fourth-order valence-corrected chi connectivity index (χ4v) is 3.18. The lowest BCUT2D eigenvalue weighted by atomic mass is 10.1. The van der Waals surface area contributed by atoms with Gasteiger partial charge in [0.2, 0.25) is 0 Å². The largest absolute Gasteiger partial charge is 0.481 e. The van der Waals surface area contributed by atoms with Crippen molar-refractivity contribution in [1.82, 2.24) is 0 Å². The predicted molar refractivity (Wildman–Crippen MR) is 102 cm³/mol. The third-order valence-electron chi connectivity index (χ3n) is 4.56. The summed E-state index contributed by atoms with van der Waals surface area (Å²) in [6.07, 6.45) is -0.0246. The normalized spacial score (nSPS) is 13.5. The zero-order valence-electron chi connectivity index (χ0n) is 15.9. The van der Waals surface area contributed by atoms with Gasteiger partial charge in [-0.05, 0) is 43.2 Å². The average Bonchev–Trinajstić information content (AvgIpc) is 3.15. The van der Waals surface area contributed by atoms with Gasteiger partial charge in [0.05, 0.1) is 25.3 Å². The molecule has 2 aromatic rings. The first-order valence-corrected chi connectivity index (χ1v) is 8.82. The number of benzene rings is 2. The second-order valence-corrected chi connectivity index (χ2v) is 6.36. The molecule has 0 radical (unpaired) electrons. The zero-order chi connectivity index (χ0) is 20.3. The van der Waals surface area contributed by atoms with Crippen LogP contribution < -0.4 is 9.64 Å². The van der Waals surface area contributed by atoms with Crippen molar-refractivity contribution in [2.75, 3.05) is 25.7 Å². The van der Waals surface area contributed by atoms with Gasteiger partial charge in [-0.1, -0.05) is 18.2 Å². The number of amides is 1. The van der Waals surface area contributed by atoms with Crippen molar-refractivity contribution >= 4 is 23.5 Å². The van der Waals surface area contributed by atoms with E-state index in [9.17, 15) is 14.4 Å². The van der Waals surface area contributed by atoms with Crippen LogP contribution in [0.5, 0.6) is 5.75 Å². The smallest absolute Gasteiger partial charge is 0.338 e. The minimum Gasteiger partial charge on any atom is -0.481 e. The van der Waals surface area contributed by atoms with E-state index in [1.165, 1.54) is 32.4 Å². The van der Waals surface area contributed by atoms with Gasteiger partial charge in [-0.3, -0.25) is 4.79 Å². The van der Waals surface area contributed by atoms with Crippen LogP contribution in [0.25, 0.3) is 0 Å². The number of hydrogen-bond donors (Lipinski definition) is 0. The average molecular weight is 383 g/mol. The summed E-state index contributed by atoms with van der Waals surface area (Å²) < 4.78 is 15.2. The Morgan fingerprint density at radius 3 is 2.18 bits per heavy atom. The highest BCUT2D eigenvalue weighted by atomic mass is 16.5. The summed E-state index contributed by atoms with van der Waals surface area (Å²) in [7, 11) is 2.48. The Bertz CT molecular complexity index is 889. The maximum absolute atomic E-state index is 12.9. The van der Waals surface area contributed by atoms with Gasteiger partial charge in [-0.2, -0.15) is 0 Å². The molecule has 1 aliphatic heterocycles. The molecule has 7 nitrogen and oxygen atoms in total. The number of anilines is 1. The molecule has 0 saturated heterocycles. The van der Waals surface area contributed by atoms with Crippen molar-refractivity contribution in [2.45, 2.75) is 19.4 Å². The number of ether oxygens (including phenoxy) is 3. The Kier molecular flexibility index (Phi) is 5.63. The summed E-state index contributed by atoms with van der Waals surface area (Å²) >= 11 is 0. The number of nitrogens with zero attached hydrogens (tertiary/aromatic N) is 1. The van der Waals surface area contributed by atoms with E-state index in [4.69, 9.17) is 14.2 Å². The summed E-state index contributed by atoms with van der Waals surface area (Å²) in [4.78, 5) is 38.3. The summed E-state index contributed by atoms with van der Waals surface area (Å²) in [6.45, 7) is 2.22. The molecule has 0 aromatic heterocycles. The zero-order valence-corrected chi connectivity index (χ0v) is 15.9. The minimum atomic E-state index is -0.815. The lowest BCUT2D eigenvalue weighted by Crippen LogP contribution is -2.39. The summed E-state index contributed by atoms with van der Waals surface area (Å²) in [6, 6.07) is 11.9. The van der Waals surface area contributed by atoms with Gasteiger partial charge >= 0.3 is 11.9 Å². The van der Waals surface area contributed by atoms with E-state index >= 15 is 0 Å². The maximum atomic E-state index is 12.9. The van der Waals surface area contributed by atoms with Crippen molar-refractivity contribution in [1.29, 1.82) is 0 Å². The number of para-hydroxylation sites is 1. The summed E-state index contributed by atoms with van der Waals surface area (Å²) in [5.74, 6) is -1.24. The molecular formula is C21H21NO6. The Morgan fingerprint density at radius 2 is 1.57 bits per heavy atom. The van der Waals surface area contributed by atoms with E-state index in [0.29, 0.717) is 6.54 Å². The molecule has 2 aromatic carbocycles. The van der Waals surface area contributed by atoms with Crippen LogP contribution in [-0.4, -0.2) is 44.7 Å². The van der Waals surface area contributed by atoms with Crippen molar-refractivity contribution < 1.29 is 28.6 Å². The molecule has 0 bridgehead atoms. The van der Waals surface area contributed by atoms with Crippen LogP contribution in [0.3, 0.4) is 0 Å². The second kappa shape index (κ2) is 8.12. The van der Waals surface area contributed by atoms with Gasteiger partial charge in [0.1, 0.15) is 5.75 Å². The van der Waals surface area contributed by atoms with Gasteiger partial charge in [-0.25, -0.2) is 9.59 Å². The molecule has 0 saturated carbocycles. The van der Waals surface area contributed by atoms with E-state index in [0.717, 1.165) is 17.7 Å². The quantitative estimate of drug-likeness (QED) is 0.738. The van der Waals surface area contributed by atoms with Crippen molar-refractivity contribution in [3.63, 3.8) is 0 Å². The molecule has 146 valence electrons. The molecule has 28 heavy (non-hydrogen) atoms. The van der Waals surface area contributed by atoms with E-state index < -0.39 is 18.0 Å². The van der Waals surface area contributed by atoms with E-state index in [1.807, 2.05) is 24.3 Å². The third-order valence-corrected chi connectivity index (χ3v) is 4.56. The number of fused-ring (bicyclic) bond motifs is 1. The molecular weight excluding hydrogens is 362 g/mol. The fraction of sp³-hybridized carbons (Fsp3) is 0.286. The Labute approximate surface area is 162 Å². The Balaban J connectivity index is 1.83. The molecule has 3 rings (SSSR count). The van der Waals surface area contributed by atoms with Gasteiger partial charge in [-0.15, -0.1) is 0 Å². The lowest BCUT2D eigenvalue weighted by molar-refractivity contribution is -0.124. The summed E-state index contributed by atoms with van der Waals surface area (Å²) in [5.41, 5.74) is 2.25. The molecule has 1 aliphatic rings. The highest BCUT2D eigenvalue weighted by molar-refractivity contribution is 5.99. The van der Waals surface area contributed by atoms with Crippen LogP contribution in [0.1, 0.15) is 33.2 Å². The first kappa shape index (κ1) is 19.4. The molecule has 0 spiro atoms. The SMILES string of the molecule is COC(=O)c1cc(OC(C)C(=O)N2CCc3ccccc32)cc(C(=O)OC)c1. The minimum absolute atomic E-state index is 0.131. The molecule has 7 heteroatoms. The lowest BCUT2D eigenvalue weighted by Gasteiger charge is -2.22. The first-order chi connectivity index (χ1) is 13.4.